The summed E-state index contributed by atoms with van der Waals surface area (Å²) in [6, 6.07) is 8.25. The van der Waals surface area contributed by atoms with Gasteiger partial charge in [-0.05, 0) is 48.3 Å². The molecule has 0 spiro atoms. The molecule has 1 heterocycles. The van der Waals surface area contributed by atoms with Gasteiger partial charge in [-0.25, -0.2) is 4.79 Å². The second kappa shape index (κ2) is 15.0. The van der Waals surface area contributed by atoms with Gasteiger partial charge in [0.15, 0.2) is 6.04 Å². The molecule has 1 fully saturated rings. The molecule has 0 bridgehead atoms. The number of carboxylic acid groups (broad SMARTS) is 1. The van der Waals surface area contributed by atoms with Crippen LogP contribution in [0.25, 0.3) is 0 Å². The third-order valence-corrected chi connectivity index (χ3v) is 6.45. The van der Waals surface area contributed by atoms with E-state index in [0.717, 1.165) is 31.6 Å². The largest absolute Gasteiger partial charge is 0.542 e. The number of amides is 1. The Hall–Kier alpha value is -2.27. The number of aliphatic carboxylic acids is 1. The topological polar surface area (TPSA) is 112 Å². The van der Waals surface area contributed by atoms with Crippen molar-refractivity contribution in [3.63, 3.8) is 0 Å². The van der Waals surface area contributed by atoms with Crippen molar-refractivity contribution >= 4 is 29.6 Å². The fourth-order valence-corrected chi connectivity index (χ4v) is 4.18. The monoisotopic (exact) mass is 520 g/mol. The number of esters is 1. The number of carboxylic acids is 1. The van der Waals surface area contributed by atoms with Gasteiger partial charge in [-0.2, -0.15) is 24.9 Å². The van der Waals surface area contributed by atoms with Crippen LogP contribution in [0, 0.1) is 5.92 Å². The number of nitrogens with two attached hydrogens (primary N) is 1. The number of carbonyl (C=O) groups is 3. The van der Waals surface area contributed by atoms with E-state index in [1.165, 1.54) is 18.2 Å². The summed E-state index contributed by atoms with van der Waals surface area (Å²) in [6.45, 7) is 5.39. The highest BCUT2D eigenvalue weighted by atomic mass is 32.2. The molecule has 0 aliphatic carbocycles. The molecule has 11 heteroatoms. The molecule has 0 radical (unpaired) electrons. The van der Waals surface area contributed by atoms with Crippen LogP contribution in [0.3, 0.4) is 0 Å². The number of hydrogen-bond donors (Lipinski definition) is 2. The number of thioether (sulfide) groups is 1. The van der Waals surface area contributed by atoms with Gasteiger partial charge < -0.3 is 25.3 Å². The SMILES string of the molecule is COC(=O)[C@H](CCSC)NC(=O)[C@@H]1C[C@@H](CCc2ccc(C(C)C)cc2)C[NH2+]1.O=C([O-])C(F)(F)F. The molecule has 1 amide bonds. The molecule has 1 aliphatic heterocycles. The second-order valence-electron chi connectivity index (χ2n) is 8.77. The van der Waals surface area contributed by atoms with E-state index in [1.807, 2.05) is 6.26 Å². The zero-order chi connectivity index (χ0) is 26.6. The number of ether oxygens (including phenoxy) is 1. The lowest BCUT2D eigenvalue weighted by atomic mass is 9.95. The predicted octanol–water partition coefficient (Wildman–Crippen LogP) is 1.40. The Balaban J connectivity index is 0.000000762. The van der Waals surface area contributed by atoms with Crippen LogP contribution in [0.15, 0.2) is 24.3 Å². The van der Waals surface area contributed by atoms with Crippen molar-refractivity contribution < 1.29 is 42.7 Å². The van der Waals surface area contributed by atoms with E-state index in [0.29, 0.717) is 18.3 Å². The number of hydrogen-bond acceptors (Lipinski definition) is 6. The molecule has 0 aromatic heterocycles. The maximum absolute atomic E-state index is 12.6. The quantitative estimate of drug-likeness (QED) is 0.451. The van der Waals surface area contributed by atoms with E-state index in [4.69, 9.17) is 14.6 Å². The number of alkyl halides is 3. The fourth-order valence-electron chi connectivity index (χ4n) is 3.70. The molecule has 1 saturated heterocycles. The van der Waals surface area contributed by atoms with Crippen LogP contribution in [0.5, 0.6) is 0 Å². The van der Waals surface area contributed by atoms with Crippen LogP contribution in [0.4, 0.5) is 13.2 Å². The van der Waals surface area contributed by atoms with Crippen molar-refractivity contribution in [3.05, 3.63) is 35.4 Å². The van der Waals surface area contributed by atoms with Crippen molar-refractivity contribution in [1.29, 1.82) is 0 Å². The lowest BCUT2D eigenvalue weighted by Crippen LogP contribution is -2.89. The van der Waals surface area contributed by atoms with E-state index < -0.39 is 18.2 Å². The van der Waals surface area contributed by atoms with Gasteiger partial charge in [-0.1, -0.05) is 38.1 Å². The Bertz CT molecular complexity index is 818. The van der Waals surface area contributed by atoms with Gasteiger partial charge in [-0.3, -0.25) is 4.79 Å². The van der Waals surface area contributed by atoms with E-state index in [1.54, 1.807) is 11.8 Å². The second-order valence-corrected chi connectivity index (χ2v) is 9.75. The maximum Gasteiger partial charge on any atom is 0.430 e. The number of nitrogens with one attached hydrogen (secondary N) is 1. The van der Waals surface area contributed by atoms with Crippen molar-refractivity contribution in [2.75, 3.05) is 25.7 Å². The molecule has 0 saturated carbocycles. The number of benzene rings is 1. The van der Waals surface area contributed by atoms with Gasteiger partial charge in [0.25, 0.3) is 5.91 Å². The van der Waals surface area contributed by atoms with Gasteiger partial charge >= 0.3 is 12.1 Å². The summed E-state index contributed by atoms with van der Waals surface area (Å²) in [5.41, 5.74) is 2.73. The van der Waals surface area contributed by atoms with E-state index >= 15 is 0 Å². The normalized spacial score (nSPS) is 18.4. The van der Waals surface area contributed by atoms with Crippen molar-refractivity contribution in [2.45, 2.75) is 63.7 Å². The van der Waals surface area contributed by atoms with Crippen molar-refractivity contribution in [1.82, 2.24) is 5.32 Å². The van der Waals surface area contributed by atoms with E-state index in [2.05, 4.69) is 48.7 Å². The highest BCUT2D eigenvalue weighted by Gasteiger charge is 2.35. The summed E-state index contributed by atoms with van der Waals surface area (Å²) < 4.78 is 36.4. The van der Waals surface area contributed by atoms with Crippen LogP contribution in [-0.2, 0) is 25.5 Å². The first-order chi connectivity index (χ1) is 16.4. The van der Waals surface area contributed by atoms with Crippen LogP contribution in [-0.4, -0.2) is 61.8 Å². The molecule has 7 nitrogen and oxygen atoms in total. The zero-order valence-electron chi connectivity index (χ0n) is 20.5. The molecule has 1 aromatic carbocycles. The summed E-state index contributed by atoms with van der Waals surface area (Å²) in [5.74, 6) is -1.51. The van der Waals surface area contributed by atoms with Gasteiger partial charge in [0.05, 0.1) is 13.7 Å². The van der Waals surface area contributed by atoms with Gasteiger partial charge in [0, 0.05) is 12.3 Å². The molecule has 1 aliphatic rings. The summed E-state index contributed by atoms with van der Waals surface area (Å²) in [5, 5.41) is 13.8. The number of rotatable bonds is 10. The Labute approximate surface area is 208 Å². The minimum Gasteiger partial charge on any atom is -0.542 e. The lowest BCUT2D eigenvalue weighted by molar-refractivity contribution is -0.659. The predicted molar refractivity (Wildman–Crippen MR) is 126 cm³/mol. The third-order valence-electron chi connectivity index (χ3n) is 5.81. The zero-order valence-corrected chi connectivity index (χ0v) is 21.3. The van der Waals surface area contributed by atoms with E-state index in [9.17, 15) is 22.8 Å². The highest BCUT2D eigenvalue weighted by molar-refractivity contribution is 7.98. The molecule has 3 N–H and O–H groups in total. The molecular formula is C24H35F3N2O5S. The number of aryl methyl sites for hydroxylation is 1. The Morgan fingerprint density at radius 3 is 2.31 bits per heavy atom. The van der Waals surface area contributed by atoms with Crippen LogP contribution in [0.2, 0.25) is 0 Å². The molecule has 3 atom stereocenters. The first-order valence-corrected chi connectivity index (χ1v) is 12.9. The fraction of sp³-hybridized carbons (Fsp3) is 0.625. The Morgan fingerprint density at radius 1 is 1.23 bits per heavy atom. The average molecular weight is 521 g/mol. The van der Waals surface area contributed by atoms with Crippen molar-refractivity contribution in [2.24, 2.45) is 5.92 Å². The Kier molecular flexibility index (Phi) is 13.2. The molecule has 1 aromatic rings. The first kappa shape index (κ1) is 30.8. The molecule has 198 valence electrons. The van der Waals surface area contributed by atoms with Crippen LogP contribution in [0.1, 0.15) is 50.2 Å². The minimum absolute atomic E-state index is 0.0414. The number of carbonyl (C=O) groups excluding carboxylic acids is 3. The van der Waals surface area contributed by atoms with Gasteiger partial charge in [0.1, 0.15) is 12.0 Å². The van der Waals surface area contributed by atoms with E-state index in [-0.39, 0.29) is 17.9 Å². The van der Waals surface area contributed by atoms with Crippen LogP contribution < -0.4 is 15.7 Å². The van der Waals surface area contributed by atoms with Gasteiger partial charge in [-0.15, -0.1) is 0 Å². The Morgan fingerprint density at radius 2 is 1.83 bits per heavy atom. The van der Waals surface area contributed by atoms with Crippen LogP contribution >= 0.6 is 11.8 Å². The average Bonchev–Trinajstić information content (AvgIpc) is 3.29. The summed E-state index contributed by atoms with van der Waals surface area (Å²) in [4.78, 5) is 33.3. The number of halogens is 3. The minimum atomic E-state index is -5.19. The highest BCUT2D eigenvalue weighted by Crippen LogP contribution is 2.19. The standard InChI is InChI=1S/C22H34N2O3S.C2HF3O2/c1-15(2)18-9-7-16(8-10-18)5-6-17-13-20(23-14-17)21(25)24-19(11-12-28-4)22(26)27-3;3-2(4,5)1(6)7/h7-10,15,17,19-20,23H,5-6,11-14H2,1-4H3,(H,24,25);(H,6,7)/t17-,19+,20+;/m1./s1. The van der Waals surface area contributed by atoms with Gasteiger partial charge in [0.2, 0.25) is 0 Å². The third kappa shape index (κ3) is 11.3. The first-order valence-electron chi connectivity index (χ1n) is 11.5. The summed E-state index contributed by atoms with van der Waals surface area (Å²) >= 11 is 1.66. The summed E-state index contributed by atoms with van der Waals surface area (Å²) in [7, 11) is 1.37. The maximum atomic E-state index is 12.6. The molecule has 0 unspecified atom stereocenters. The number of methoxy groups -OCH3 is 1. The van der Waals surface area contributed by atoms with Crippen molar-refractivity contribution in [3.8, 4) is 0 Å². The smallest absolute Gasteiger partial charge is 0.430 e. The lowest BCUT2D eigenvalue weighted by Gasteiger charge is -2.17. The molecule has 2 rings (SSSR count). The number of quaternary nitrogens is 1. The molecular weight excluding hydrogens is 485 g/mol. The summed E-state index contributed by atoms with van der Waals surface area (Å²) in [6.07, 6.45) is 0.397. The molecule has 35 heavy (non-hydrogen) atoms.